The van der Waals surface area contributed by atoms with Crippen LogP contribution < -0.4 is 10.6 Å². The van der Waals surface area contributed by atoms with Gasteiger partial charge in [0, 0.05) is 45.6 Å². The van der Waals surface area contributed by atoms with E-state index in [4.69, 9.17) is 0 Å². The number of benzene rings is 1. The molecule has 154 valence electrons. The van der Waals surface area contributed by atoms with Crippen LogP contribution in [0, 0.1) is 0 Å². The van der Waals surface area contributed by atoms with Gasteiger partial charge in [-0.1, -0.05) is 37.1 Å². The first-order valence-electron chi connectivity index (χ1n) is 10.2. The van der Waals surface area contributed by atoms with Crippen molar-refractivity contribution in [2.45, 2.75) is 45.3 Å². The van der Waals surface area contributed by atoms with Crippen molar-refractivity contribution in [2.75, 3.05) is 26.7 Å². The molecule has 2 N–H and O–H groups in total. The summed E-state index contributed by atoms with van der Waals surface area (Å²) >= 11 is 0. The summed E-state index contributed by atoms with van der Waals surface area (Å²) in [5.74, 6) is 0.847. The zero-order valence-electron chi connectivity index (χ0n) is 16.9. The van der Waals surface area contributed by atoms with Crippen LogP contribution in [0.25, 0.3) is 0 Å². The molecule has 1 aliphatic heterocycles. The van der Waals surface area contributed by atoms with Gasteiger partial charge in [-0.3, -0.25) is 9.89 Å². The Morgan fingerprint density at radius 1 is 0.964 bits per heavy atom. The number of nitrogens with one attached hydrogen (secondary N) is 2. The van der Waals surface area contributed by atoms with Crippen molar-refractivity contribution in [2.24, 2.45) is 4.99 Å². The molecule has 1 aliphatic rings. The number of nitrogens with zero attached hydrogens (tertiary/aromatic N) is 3. The van der Waals surface area contributed by atoms with Gasteiger partial charge in [-0.25, -0.2) is 0 Å². The molecule has 2 aromatic rings. The Balaban J connectivity index is 0.00000280. The van der Waals surface area contributed by atoms with Crippen molar-refractivity contribution < 1.29 is 0 Å². The molecule has 3 rings (SSSR count). The third-order valence-corrected chi connectivity index (χ3v) is 5.11. The summed E-state index contributed by atoms with van der Waals surface area (Å²) in [4.78, 5) is 6.92. The van der Waals surface area contributed by atoms with Crippen LogP contribution in [-0.2, 0) is 19.6 Å². The zero-order valence-corrected chi connectivity index (χ0v) is 19.3. The quantitative estimate of drug-likeness (QED) is 0.349. The highest BCUT2D eigenvalue weighted by Gasteiger charge is 2.09. The maximum Gasteiger partial charge on any atom is 0.191 e. The zero-order chi connectivity index (χ0) is 18.7. The highest BCUT2D eigenvalue weighted by Crippen LogP contribution is 2.14. The fourth-order valence-electron chi connectivity index (χ4n) is 3.62. The van der Waals surface area contributed by atoms with Crippen LogP contribution in [0.3, 0.4) is 0 Å². The van der Waals surface area contributed by atoms with Crippen molar-refractivity contribution >= 4 is 29.9 Å². The van der Waals surface area contributed by atoms with Crippen LogP contribution in [-0.4, -0.2) is 42.1 Å². The SMILES string of the molecule is CN=C(NCCn1cccc1)NCc1cccc(CN2CCCCCC2)c1.I. The van der Waals surface area contributed by atoms with Crippen LogP contribution in [0.4, 0.5) is 0 Å². The first kappa shape index (κ1) is 22.7. The third kappa shape index (κ3) is 7.83. The Morgan fingerprint density at radius 2 is 1.68 bits per heavy atom. The van der Waals surface area contributed by atoms with E-state index in [1.54, 1.807) is 0 Å². The molecule has 0 amide bonds. The fourth-order valence-corrected chi connectivity index (χ4v) is 3.62. The smallest absolute Gasteiger partial charge is 0.191 e. The minimum Gasteiger partial charge on any atom is -0.355 e. The molecule has 1 fully saturated rings. The lowest BCUT2D eigenvalue weighted by atomic mass is 10.1. The molecule has 0 spiro atoms. The normalized spacial score (nSPS) is 15.5. The number of rotatable bonds is 7. The predicted molar refractivity (Wildman–Crippen MR) is 128 cm³/mol. The Hall–Kier alpha value is -1.54. The number of guanidine groups is 1. The van der Waals surface area contributed by atoms with Gasteiger partial charge < -0.3 is 15.2 Å². The number of likely N-dealkylation sites (tertiary alicyclic amines) is 1. The van der Waals surface area contributed by atoms with Crippen molar-refractivity contribution in [3.63, 3.8) is 0 Å². The largest absolute Gasteiger partial charge is 0.355 e. The number of hydrogen-bond donors (Lipinski definition) is 2. The van der Waals surface area contributed by atoms with E-state index in [2.05, 4.69) is 61.8 Å². The first-order chi connectivity index (χ1) is 13.3. The van der Waals surface area contributed by atoms with Gasteiger partial charge in [0.1, 0.15) is 0 Å². The molecule has 1 aromatic heterocycles. The lowest BCUT2D eigenvalue weighted by Crippen LogP contribution is -2.38. The van der Waals surface area contributed by atoms with Crippen LogP contribution in [0.15, 0.2) is 53.8 Å². The van der Waals surface area contributed by atoms with Gasteiger partial charge in [0.25, 0.3) is 0 Å². The molecule has 0 saturated carbocycles. The van der Waals surface area contributed by atoms with Crippen LogP contribution >= 0.6 is 24.0 Å². The second kappa shape index (κ2) is 12.8. The number of aliphatic imine (C=N–C) groups is 1. The van der Waals surface area contributed by atoms with E-state index in [1.165, 1.54) is 49.9 Å². The van der Waals surface area contributed by atoms with Crippen LogP contribution in [0.2, 0.25) is 0 Å². The van der Waals surface area contributed by atoms with Gasteiger partial charge in [0.2, 0.25) is 0 Å². The maximum atomic E-state index is 4.33. The van der Waals surface area contributed by atoms with Crippen molar-refractivity contribution in [3.05, 3.63) is 59.9 Å². The Kier molecular flexibility index (Phi) is 10.4. The third-order valence-electron chi connectivity index (χ3n) is 5.11. The predicted octanol–water partition coefficient (Wildman–Crippen LogP) is 3.85. The molecule has 0 radical (unpaired) electrons. The lowest BCUT2D eigenvalue weighted by Gasteiger charge is -2.20. The highest BCUT2D eigenvalue weighted by molar-refractivity contribution is 14.0. The average Bonchev–Trinajstić information content (AvgIpc) is 3.08. The molecule has 0 bridgehead atoms. The molecule has 2 heterocycles. The minimum absolute atomic E-state index is 0. The van der Waals surface area contributed by atoms with Gasteiger partial charge in [-0.15, -0.1) is 24.0 Å². The summed E-state index contributed by atoms with van der Waals surface area (Å²) in [6.45, 7) is 6.11. The van der Waals surface area contributed by atoms with Crippen LogP contribution in [0.5, 0.6) is 0 Å². The molecule has 0 unspecified atom stereocenters. The monoisotopic (exact) mass is 495 g/mol. The molecule has 1 aromatic carbocycles. The van der Waals surface area contributed by atoms with Crippen molar-refractivity contribution in [1.82, 2.24) is 20.1 Å². The summed E-state index contributed by atoms with van der Waals surface area (Å²) in [6, 6.07) is 13.0. The summed E-state index contributed by atoms with van der Waals surface area (Å²) < 4.78 is 2.16. The van der Waals surface area contributed by atoms with Crippen molar-refractivity contribution in [1.29, 1.82) is 0 Å². The second-order valence-electron chi connectivity index (χ2n) is 7.28. The molecule has 1 saturated heterocycles. The standard InChI is InChI=1S/C22H33N5.HI/c1-23-22(24-11-16-26-12-6-7-13-26)25-18-20-9-8-10-21(17-20)19-27-14-4-2-3-5-15-27;/h6-10,12-13,17H,2-5,11,14-16,18-19H2,1H3,(H2,23,24,25);1H. The van der Waals surface area contributed by atoms with E-state index in [0.717, 1.165) is 32.1 Å². The van der Waals surface area contributed by atoms with Gasteiger partial charge in [-0.05, 0) is 49.2 Å². The minimum atomic E-state index is 0. The molecular weight excluding hydrogens is 461 g/mol. The van der Waals surface area contributed by atoms with E-state index >= 15 is 0 Å². The number of halogens is 1. The summed E-state index contributed by atoms with van der Waals surface area (Å²) in [7, 11) is 1.82. The second-order valence-corrected chi connectivity index (χ2v) is 7.28. The Bertz CT molecular complexity index is 691. The molecule has 28 heavy (non-hydrogen) atoms. The van der Waals surface area contributed by atoms with Gasteiger partial charge in [0.15, 0.2) is 5.96 Å². The lowest BCUT2D eigenvalue weighted by molar-refractivity contribution is 0.277. The number of aromatic nitrogens is 1. The Morgan fingerprint density at radius 3 is 2.39 bits per heavy atom. The van der Waals surface area contributed by atoms with E-state index < -0.39 is 0 Å². The van der Waals surface area contributed by atoms with Gasteiger partial charge in [0.05, 0.1) is 0 Å². The topological polar surface area (TPSA) is 44.6 Å². The average molecular weight is 495 g/mol. The molecule has 0 atom stereocenters. The summed E-state index contributed by atoms with van der Waals surface area (Å²) in [5, 5.41) is 6.80. The fraction of sp³-hybridized carbons (Fsp3) is 0.500. The molecule has 5 nitrogen and oxygen atoms in total. The maximum absolute atomic E-state index is 4.33. The highest BCUT2D eigenvalue weighted by atomic mass is 127. The van der Waals surface area contributed by atoms with E-state index in [0.29, 0.717) is 0 Å². The van der Waals surface area contributed by atoms with Crippen molar-refractivity contribution in [3.8, 4) is 0 Å². The van der Waals surface area contributed by atoms with Gasteiger partial charge in [-0.2, -0.15) is 0 Å². The van der Waals surface area contributed by atoms with Crippen LogP contribution in [0.1, 0.15) is 36.8 Å². The first-order valence-corrected chi connectivity index (χ1v) is 10.2. The summed E-state index contributed by atoms with van der Waals surface area (Å²) in [6.07, 6.45) is 9.60. The van der Waals surface area contributed by atoms with E-state index in [-0.39, 0.29) is 24.0 Å². The van der Waals surface area contributed by atoms with E-state index in [1.807, 2.05) is 19.2 Å². The Labute approximate surface area is 186 Å². The molecule has 6 heteroatoms. The van der Waals surface area contributed by atoms with Gasteiger partial charge >= 0.3 is 0 Å². The molecular formula is C22H34IN5. The molecule has 0 aliphatic carbocycles. The van der Waals surface area contributed by atoms with E-state index in [9.17, 15) is 0 Å². The number of hydrogen-bond acceptors (Lipinski definition) is 2. The summed E-state index contributed by atoms with van der Waals surface area (Å²) in [5.41, 5.74) is 2.71.